The molecule has 0 spiro atoms. The summed E-state index contributed by atoms with van der Waals surface area (Å²) in [7, 11) is -3.51. The number of carbonyl (C=O) groups is 1. The van der Waals surface area contributed by atoms with E-state index in [1.165, 1.54) is 36.8 Å². The van der Waals surface area contributed by atoms with Gasteiger partial charge in [-0.2, -0.15) is 0 Å². The normalized spacial score (nSPS) is 12.4. The Morgan fingerprint density at radius 3 is 2.46 bits per heavy atom. The van der Waals surface area contributed by atoms with Crippen LogP contribution in [-0.2, 0) is 9.84 Å². The highest BCUT2D eigenvalue weighted by molar-refractivity contribution is 7.90. The number of carbonyl (C=O) groups excluding carboxylic acids is 1. The van der Waals surface area contributed by atoms with Gasteiger partial charge in [-0.1, -0.05) is 11.6 Å². The zero-order valence-corrected chi connectivity index (χ0v) is 16.6. The molecule has 2 aromatic heterocycles. The fourth-order valence-electron chi connectivity index (χ4n) is 2.54. The molecule has 28 heavy (non-hydrogen) atoms. The third-order valence-corrected chi connectivity index (χ3v) is 5.16. The van der Waals surface area contributed by atoms with Gasteiger partial charge in [-0.25, -0.2) is 8.42 Å². The highest BCUT2D eigenvalue weighted by atomic mass is 35.5. The van der Waals surface area contributed by atoms with E-state index in [9.17, 15) is 13.2 Å². The highest BCUT2D eigenvalue weighted by Crippen LogP contribution is 2.23. The van der Waals surface area contributed by atoms with Gasteiger partial charge < -0.3 is 5.32 Å². The van der Waals surface area contributed by atoms with E-state index >= 15 is 0 Å². The molecule has 0 bridgehead atoms. The molecule has 0 aliphatic carbocycles. The van der Waals surface area contributed by atoms with Crippen LogP contribution in [0.15, 0.2) is 54.1 Å². The summed E-state index contributed by atoms with van der Waals surface area (Å²) in [5, 5.41) is 2.94. The molecule has 1 atom stereocenters. The molecule has 0 radical (unpaired) electrons. The zero-order chi connectivity index (χ0) is 20.3. The van der Waals surface area contributed by atoms with Gasteiger partial charge in [0.1, 0.15) is 11.4 Å². The summed E-state index contributed by atoms with van der Waals surface area (Å²) in [6.07, 6.45) is 8.72. The van der Waals surface area contributed by atoms with Gasteiger partial charge in [-0.05, 0) is 25.1 Å². The lowest BCUT2D eigenvalue weighted by molar-refractivity contribution is 0.0939. The summed E-state index contributed by atoms with van der Waals surface area (Å²) in [5.74, 6) is -0.490. The van der Waals surface area contributed by atoms with Crippen LogP contribution in [0.4, 0.5) is 0 Å². The predicted octanol–water partition coefficient (Wildman–Crippen LogP) is 2.48. The second-order valence-corrected chi connectivity index (χ2v) is 8.48. The molecule has 0 aliphatic rings. The van der Waals surface area contributed by atoms with Crippen molar-refractivity contribution in [3.8, 4) is 11.4 Å². The van der Waals surface area contributed by atoms with Gasteiger partial charge in [0.2, 0.25) is 0 Å². The Labute approximate surface area is 167 Å². The maximum atomic E-state index is 12.7. The van der Waals surface area contributed by atoms with Crippen molar-refractivity contribution in [2.24, 2.45) is 0 Å². The quantitative estimate of drug-likeness (QED) is 0.677. The van der Waals surface area contributed by atoms with Crippen LogP contribution >= 0.6 is 11.6 Å². The number of aromatic nitrogens is 4. The van der Waals surface area contributed by atoms with Crippen LogP contribution in [0.3, 0.4) is 0 Å². The monoisotopic (exact) mass is 417 g/mol. The van der Waals surface area contributed by atoms with E-state index in [0.29, 0.717) is 17.1 Å². The SMILES string of the molecule is CC(NC(=O)c1cc(Cl)cc(S(C)(=O)=O)c1)c1nccnc1-c1cnccn1. The molecule has 0 saturated carbocycles. The lowest BCUT2D eigenvalue weighted by Gasteiger charge is -2.16. The molecular formula is C18H16ClN5O3S. The molecule has 0 fully saturated rings. The Bertz CT molecular complexity index is 1120. The van der Waals surface area contributed by atoms with Gasteiger partial charge in [0, 0.05) is 41.6 Å². The molecule has 1 N–H and O–H groups in total. The second-order valence-electron chi connectivity index (χ2n) is 6.02. The van der Waals surface area contributed by atoms with Crippen molar-refractivity contribution in [3.63, 3.8) is 0 Å². The summed E-state index contributed by atoms with van der Waals surface area (Å²) < 4.78 is 23.6. The number of amides is 1. The largest absolute Gasteiger partial charge is 0.344 e. The Morgan fingerprint density at radius 2 is 1.79 bits per heavy atom. The molecule has 1 aromatic carbocycles. The van der Waals surface area contributed by atoms with E-state index in [-0.39, 0.29) is 15.5 Å². The average Bonchev–Trinajstić information content (AvgIpc) is 2.67. The Kier molecular flexibility index (Phi) is 5.66. The molecule has 3 rings (SSSR count). The lowest BCUT2D eigenvalue weighted by Crippen LogP contribution is -2.28. The number of sulfone groups is 1. The van der Waals surface area contributed by atoms with Crippen molar-refractivity contribution in [1.29, 1.82) is 0 Å². The van der Waals surface area contributed by atoms with Crippen molar-refractivity contribution in [2.75, 3.05) is 6.26 Å². The summed E-state index contributed by atoms with van der Waals surface area (Å²) in [5.41, 5.74) is 1.64. The number of nitrogens with one attached hydrogen (secondary N) is 1. The lowest BCUT2D eigenvalue weighted by atomic mass is 10.1. The van der Waals surface area contributed by atoms with Crippen molar-refractivity contribution in [1.82, 2.24) is 25.3 Å². The molecule has 8 nitrogen and oxygen atoms in total. The van der Waals surface area contributed by atoms with E-state index in [4.69, 9.17) is 11.6 Å². The van der Waals surface area contributed by atoms with Gasteiger partial charge >= 0.3 is 0 Å². The molecule has 144 valence electrons. The Hall–Kier alpha value is -2.91. The van der Waals surface area contributed by atoms with Gasteiger partial charge in [-0.3, -0.25) is 24.7 Å². The predicted molar refractivity (Wildman–Crippen MR) is 104 cm³/mol. The first kappa shape index (κ1) is 19.8. The minimum Gasteiger partial charge on any atom is -0.344 e. The minimum atomic E-state index is -3.51. The van der Waals surface area contributed by atoms with Gasteiger partial charge in [0.25, 0.3) is 5.91 Å². The van der Waals surface area contributed by atoms with E-state index in [2.05, 4.69) is 25.3 Å². The number of benzene rings is 1. The number of halogens is 1. The van der Waals surface area contributed by atoms with E-state index < -0.39 is 21.8 Å². The van der Waals surface area contributed by atoms with Crippen LogP contribution < -0.4 is 5.32 Å². The number of hydrogen-bond acceptors (Lipinski definition) is 7. The van der Waals surface area contributed by atoms with Crippen LogP contribution in [0.5, 0.6) is 0 Å². The maximum Gasteiger partial charge on any atom is 0.251 e. The first-order valence-corrected chi connectivity index (χ1v) is 10.4. The fourth-order valence-corrected chi connectivity index (χ4v) is 3.52. The highest BCUT2D eigenvalue weighted by Gasteiger charge is 2.20. The van der Waals surface area contributed by atoms with E-state index in [0.717, 1.165) is 6.26 Å². The van der Waals surface area contributed by atoms with Gasteiger partial charge in [-0.15, -0.1) is 0 Å². The summed E-state index contributed by atoms with van der Waals surface area (Å²) in [6, 6.07) is 3.45. The molecule has 3 aromatic rings. The molecule has 1 amide bonds. The first-order chi connectivity index (χ1) is 13.3. The van der Waals surface area contributed by atoms with Crippen LogP contribution in [0.1, 0.15) is 29.0 Å². The third kappa shape index (κ3) is 4.49. The maximum absolute atomic E-state index is 12.7. The molecule has 0 saturated heterocycles. The summed E-state index contributed by atoms with van der Waals surface area (Å²) >= 11 is 5.98. The number of nitrogens with zero attached hydrogens (tertiary/aromatic N) is 4. The molecule has 2 heterocycles. The second kappa shape index (κ2) is 7.99. The van der Waals surface area contributed by atoms with Crippen LogP contribution in [0.2, 0.25) is 5.02 Å². The van der Waals surface area contributed by atoms with Gasteiger partial charge in [0.05, 0.1) is 22.8 Å². The summed E-state index contributed by atoms with van der Waals surface area (Å²) in [6.45, 7) is 1.74. The standard InChI is InChI=1S/C18H16ClN5O3S/c1-11(16-17(23-6-5-22-16)15-10-20-3-4-21-15)24-18(25)12-7-13(19)9-14(8-12)28(2,26)27/h3-11H,1-2H3,(H,24,25). The molecule has 0 aliphatic heterocycles. The minimum absolute atomic E-state index is 0.0300. The Balaban J connectivity index is 1.90. The van der Waals surface area contributed by atoms with Crippen molar-refractivity contribution in [3.05, 3.63) is 65.5 Å². The summed E-state index contributed by atoms with van der Waals surface area (Å²) in [4.78, 5) is 29.5. The van der Waals surface area contributed by atoms with E-state index in [1.54, 1.807) is 19.3 Å². The van der Waals surface area contributed by atoms with Gasteiger partial charge in [0.15, 0.2) is 9.84 Å². The van der Waals surface area contributed by atoms with Crippen LogP contribution in [-0.4, -0.2) is 40.5 Å². The van der Waals surface area contributed by atoms with E-state index in [1.807, 2.05) is 0 Å². The fraction of sp³-hybridized carbons (Fsp3) is 0.167. The van der Waals surface area contributed by atoms with Crippen molar-refractivity contribution >= 4 is 27.3 Å². The molecular weight excluding hydrogens is 402 g/mol. The van der Waals surface area contributed by atoms with Crippen molar-refractivity contribution in [2.45, 2.75) is 17.9 Å². The molecule has 10 heteroatoms. The number of hydrogen-bond donors (Lipinski definition) is 1. The average molecular weight is 418 g/mol. The third-order valence-electron chi connectivity index (χ3n) is 3.85. The van der Waals surface area contributed by atoms with Crippen LogP contribution in [0.25, 0.3) is 11.4 Å². The van der Waals surface area contributed by atoms with Crippen LogP contribution in [0, 0.1) is 0 Å². The smallest absolute Gasteiger partial charge is 0.251 e. The first-order valence-electron chi connectivity index (χ1n) is 8.14. The number of rotatable bonds is 5. The zero-order valence-electron chi connectivity index (χ0n) is 15.0. The molecule has 1 unspecified atom stereocenters. The topological polar surface area (TPSA) is 115 Å². The Morgan fingerprint density at radius 1 is 1.07 bits per heavy atom. The van der Waals surface area contributed by atoms with Crippen molar-refractivity contribution < 1.29 is 13.2 Å².